The molecule has 10 N–H and O–H groups in total. The number of amides is 2. The number of hydrogen-bond donors (Lipinski definition) is 6. The summed E-state index contributed by atoms with van der Waals surface area (Å²) in [5.74, 6) is -1.24. The highest BCUT2D eigenvalue weighted by Gasteiger charge is 2.20. The lowest BCUT2D eigenvalue weighted by atomic mass is 10.0. The molecule has 17 nitrogen and oxygen atoms in total. The number of nitrogens with zero attached hydrogens (tertiary/aromatic N) is 2. The summed E-state index contributed by atoms with van der Waals surface area (Å²) in [6.45, 7) is 0. The number of sulfonamides is 2. The predicted octanol–water partition coefficient (Wildman–Crippen LogP) is 7.35. The van der Waals surface area contributed by atoms with Crippen LogP contribution in [0.4, 0.5) is 34.1 Å². The fraction of sp³-hybridized carbons (Fsp3) is 0.130. The molecule has 2 heterocycles. The number of nitrogens with one attached hydrogen (secondary N) is 4. The van der Waals surface area contributed by atoms with Gasteiger partial charge in [0.2, 0.25) is 20.0 Å². The second-order valence-corrected chi connectivity index (χ2v) is 18.5. The number of benzene rings is 6. The number of fused-ring (bicyclic) bond motifs is 4. The van der Waals surface area contributed by atoms with E-state index >= 15 is 0 Å². The van der Waals surface area contributed by atoms with Gasteiger partial charge >= 0.3 is 0 Å². The molecule has 0 spiro atoms. The van der Waals surface area contributed by atoms with Crippen molar-refractivity contribution in [3.8, 4) is 11.5 Å². The van der Waals surface area contributed by atoms with Crippen LogP contribution < -0.4 is 41.0 Å². The van der Waals surface area contributed by atoms with E-state index in [0.717, 1.165) is 10.8 Å². The quantitative estimate of drug-likeness (QED) is 0.0386. The lowest BCUT2D eigenvalue weighted by Gasteiger charge is -2.17. The molecule has 0 unspecified atom stereocenters. The molecule has 0 radical (unpaired) electrons. The van der Waals surface area contributed by atoms with Gasteiger partial charge in [0.15, 0.2) is 0 Å². The van der Waals surface area contributed by atoms with Crippen LogP contribution in [0.1, 0.15) is 33.6 Å². The third-order valence-corrected chi connectivity index (χ3v) is 13.2. The van der Waals surface area contributed by atoms with Crippen molar-refractivity contribution in [2.75, 3.05) is 45.8 Å². The summed E-state index contributed by atoms with van der Waals surface area (Å²) >= 11 is 0. The molecule has 0 aliphatic carbocycles. The van der Waals surface area contributed by atoms with Gasteiger partial charge in [-0.05, 0) is 61.4 Å². The number of halogens is 1. The number of hydrogen-bond acceptors (Lipinski definition) is 12. The summed E-state index contributed by atoms with van der Waals surface area (Å²) in [4.78, 5) is 33.9. The molecule has 2 aromatic heterocycles. The first-order valence-electron chi connectivity index (χ1n) is 19.9. The molecule has 6 aromatic carbocycles. The number of methoxy groups -OCH3 is 2. The Morgan fingerprint density at radius 1 is 0.545 bits per heavy atom. The number of para-hydroxylation sites is 4. The highest BCUT2D eigenvalue weighted by Crippen LogP contribution is 2.40. The molecule has 0 fully saturated rings. The van der Waals surface area contributed by atoms with Crippen LogP contribution in [0.25, 0.3) is 43.6 Å². The molecule has 0 saturated carbocycles. The Balaban J connectivity index is 0.00000360. The number of aromatic nitrogens is 2. The molecule has 20 heteroatoms. The summed E-state index contributed by atoms with van der Waals surface area (Å²) in [5.41, 5.74) is 16.8. The third kappa shape index (κ3) is 10.1. The minimum Gasteiger partial charge on any atom is -0.494 e. The van der Waals surface area contributed by atoms with Crippen molar-refractivity contribution < 1.29 is 41.4 Å². The van der Waals surface area contributed by atoms with Crippen LogP contribution in [-0.4, -0.2) is 69.8 Å². The number of nitrogens with two attached hydrogens (primary N) is 2. The van der Waals surface area contributed by atoms with E-state index < -0.39 is 31.9 Å². The first-order chi connectivity index (χ1) is 30.7. The summed E-state index contributed by atoms with van der Waals surface area (Å²) in [6.07, 6.45) is 0.111. The summed E-state index contributed by atoms with van der Waals surface area (Å²) in [7, 11) is -4.88. The van der Waals surface area contributed by atoms with Crippen molar-refractivity contribution in [2.24, 2.45) is 11.5 Å². The first-order valence-corrected chi connectivity index (χ1v) is 23.2. The Morgan fingerprint density at radius 2 is 0.924 bits per heavy atom. The largest absolute Gasteiger partial charge is 0.494 e. The number of anilines is 6. The van der Waals surface area contributed by atoms with Crippen LogP contribution in [0.15, 0.2) is 121 Å². The van der Waals surface area contributed by atoms with E-state index in [2.05, 4.69) is 20.1 Å². The van der Waals surface area contributed by atoms with Gasteiger partial charge in [0, 0.05) is 33.7 Å². The highest BCUT2D eigenvalue weighted by atomic mass is 35.5. The third-order valence-electron chi connectivity index (χ3n) is 10.5. The standard InChI is InChI=1S/C46H42N8O8S2.ClH.H2O/c1-61-39-25-27(19-21-37(39)51-41-29-11-3-5-17-35(29)49-43-31(41)13-9-15-33(43)45(47)55)53-63(57,58)23-7-8-24-64(59,60)54-28-20-22-38(40(26-28)62-2)52-42-30-12-4-6-18-36(30)50-44-32(42)14-10-16-34(44)46(48)56;;/h3-6,9-22,25-26,53-54H,7-8,23-24H2,1-2H3,(H2,47,55)(H2,48,56)(H,49,51)(H,50,52);1H;1H2. The smallest absolute Gasteiger partial charge is 0.250 e. The van der Waals surface area contributed by atoms with Crippen molar-refractivity contribution in [3.05, 3.63) is 132 Å². The van der Waals surface area contributed by atoms with Crippen molar-refractivity contribution in [3.63, 3.8) is 0 Å². The predicted molar refractivity (Wildman–Crippen MR) is 263 cm³/mol. The summed E-state index contributed by atoms with van der Waals surface area (Å²) in [6, 6.07) is 34.7. The van der Waals surface area contributed by atoms with Gasteiger partial charge in [-0.25, -0.2) is 26.8 Å². The van der Waals surface area contributed by atoms with Crippen LogP contribution >= 0.6 is 12.4 Å². The van der Waals surface area contributed by atoms with E-state index in [4.69, 9.17) is 30.9 Å². The van der Waals surface area contributed by atoms with Gasteiger partial charge in [0.1, 0.15) is 11.5 Å². The number of rotatable bonds is 17. The molecular formula is C46H45ClN8O9S2. The van der Waals surface area contributed by atoms with Gasteiger partial charge in [0.25, 0.3) is 11.8 Å². The Morgan fingerprint density at radius 3 is 1.30 bits per heavy atom. The molecule has 342 valence electrons. The van der Waals surface area contributed by atoms with E-state index in [9.17, 15) is 26.4 Å². The number of carbonyl (C=O) groups excluding carboxylic acids is 2. The van der Waals surface area contributed by atoms with Gasteiger partial charge in [-0.15, -0.1) is 12.4 Å². The van der Waals surface area contributed by atoms with Crippen molar-refractivity contribution in [1.29, 1.82) is 0 Å². The van der Waals surface area contributed by atoms with Gasteiger partial charge < -0.3 is 37.1 Å². The Labute approximate surface area is 385 Å². The highest BCUT2D eigenvalue weighted by molar-refractivity contribution is 7.93. The first kappa shape index (κ1) is 48.0. The lowest BCUT2D eigenvalue weighted by Crippen LogP contribution is -2.20. The molecule has 0 bridgehead atoms. The normalized spacial score (nSPS) is 11.4. The second-order valence-electron chi connectivity index (χ2n) is 14.8. The molecule has 66 heavy (non-hydrogen) atoms. The van der Waals surface area contributed by atoms with E-state index in [-0.39, 0.29) is 64.7 Å². The molecule has 0 atom stereocenters. The number of carbonyl (C=O) groups is 2. The lowest BCUT2D eigenvalue weighted by molar-refractivity contribution is 0.0993. The number of primary amides is 2. The van der Waals surface area contributed by atoms with Gasteiger partial charge in [-0.1, -0.05) is 60.7 Å². The van der Waals surface area contributed by atoms with Crippen LogP contribution in [0.3, 0.4) is 0 Å². The molecule has 0 aliphatic rings. The van der Waals surface area contributed by atoms with E-state index in [1.165, 1.54) is 26.4 Å². The maximum absolute atomic E-state index is 13.2. The monoisotopic (exact) mass is 952 g/mol. The average molecular weight is 953 g/mol. The van der Waals surface area contributed by atoms with E-state index in [0.29, 0.717) is 67.1 Å². The SMILES string of the molecule is COc1cc(NS(=O)(=O)CCCCS(=O)(=O)Nc2ccc(Nc3c4ccccc4nc4c(C(N)=O)cccc34)c(OC)c2)ccc1Nc1c2ccccc2nc2c(C(N)=O)cccc12.Cl.O. The molecule has 2 amide bonds. The zero-order valence-corrected chi connectivity index (χ0v) is 37.9. The molecular weight excluding hydrogens is 908 g/mol. The topological polar surface area (TPSA) is 278 Å². The zero-order valence-electron chi connectivity index (χ0n) is 35.4. The minimum absolute atomic E-state index is 0. The maximum atomic E-state index is 13.2. The van der Waals surface area contributed by atoms with Crippen LogP contribution in [0.5, 0.6) is 11.5 Å². The molecule has 0 aliphatic heterocycles. The molecule has 8 rings (SSSR count). The van der Waals surface area contributed by atoms with Crippen molar-refractivity contribution in [1.82, 2.24) is 9.97 Å². The molecule has 8 aromatic rings. The number of ether oxygens (including phenoxy) is 2. The zero-order chi connectivity index (χ0) is 45.2. The second kappa shape index (κ2) is 19.7. The summed E-state index contributed by atoms with van der Waals surface area (Å²) in [5, 5.41) is 9.64. The van der Waals surface area contributed by atoms with Crippen molar-refractivity contribution in [2.45, 2.75) is 12.8 Å². The van der Waals surface area contributed by atoms with E-state index in [1.54, 1.807) is 48.5 Å². The Kier molecular flexibility index (Phi) is 14.4. The number of pyridine rings is 2. The summed E-state index contributed by atoms with van der Waals surface area (Å²) < 4.78 is 69.1. The van der Waals surface area contributed by atoms with Gasteiger partial charge in [-0.3, -0.25) is 19.0 Å². The molecule has 0 saturated heterocycles. The van der Waals surface area contributed by atoms with Gasteiger partial charge in [0.05, 0.1) is 93.0 Å². The average Bonchev–Trinajstić information content (AvgIpc) is 3.27. The fourth-order valence-electron chi connectivity index (χ4n) is 7.53. The van der Waals surface area contributed by atoms with Crippen LogP contribution in [0, 0.1) is 0 Å². The Hall–Kier alpha value is -7.45. The van der Waals surface area contributed by atoms with Gasteiger partial charge in [-0.2, -0.15) is 0 Å². The van der Waals surface area contributed by atoms with E-state index in [1.807, 2.05) is 60.7 Å². The number of unbranched alkanes of at least 4 members (excludes halogenated alkanes) is 1. The minimum atomic E-state index is -3.90. The maximum Gasteiger partial charge on any atom is 0.250 e. The van der Waals surface area contributed by atoms with Crippen LogP contribution in [-0.2, 0) is 20.0 Å². The fourth-order valence-corrected chi connectivity index (χ4v) is 9.87. The Bertz CT molecular complexity index is 3170. The van der Waals surface area contributed by atoms with Crippen LogP contribution in [0.2, 0.25) is 0 Å². The van der Waals surface area contributed by atoms with Crippen molar-refractivity contribution >= 4 is 122 Å².